The van der Waals surface area contributed by atoms with Gasteiger partial charge in [-0.1, -0.05) is 32.1 Å². The highest BCUT2D eigenvalue weighted by Crippen LogP contribution is 2.56. The van der Waals surface area contributed by atoms with Crippen LogP contribution in [-0.2, 0) is 4.79 Å². The number of aliphatic hydroxyl groups is 1. The normalized spacial score (nSPS) is 37.2. The lowest BCUT2D eigenvalue weighted by atomic mass is 9.51. The number of carbonyl (C=O) groups is 1. The van der Waals surface area contributed by atoms with E-state index in [2.05, 4.69) is 20.4 Å². The van der Waals surface area contributed by atoms with Gasteiger partial charge in [0.1, 0.15) is 6.10 Å². The van der Waals surface area contributed by atoms with Crippen LogP contribution in [0.3, 0.4) is 0 Å². The quantitative estimate of drug-likeness (QED) is 0.654. The molecule has 2 heteroatoms. The first-order valence-corrected chi connectivity index (χ1v) is 6.41. The molecule has 0 radical (unpaired) electrons. The Labute approximate surface area is 103 Å². The molecule has 0 heterocycles. The second-order valence-corrected chi connectivity index (χ2v) is 6.22. The highest BCUT2D eigenvalue weighted by Gasteiger charge is 2.53. The van der Waals surface area contributed by atoms with E-state index in [0.717, 1.165) is 19.3 Å². The molecule has 1 fully saturated rings. The zero-order valence-electron chi connectivity index (χ0n) is 11.0. The average Bonchev–Trinajstić information content (AvgIpc) is 2.26. The monoisotopic (exact) mass is 234 g/mol. The van der Waals surface area contributed by atoms with Gasteiger partial charge in [-0.15, -0.1) is 0 Å². The molecule has 0 saturated heterocycles. The number of hydrogen-bond donors (Lipinski definition) is 1. The van der Waals surface area contributed by atoms with Crippen molar-refractivity contribution in [2.24, 2.45) is 17.3 Å². The minimum Gasteiger partial charge on any atom is -0.385 e. The SMILES string of the molecule is C=C1CCC=C(C)C(=O)C(O)C2C1CC2(C)C. The summed E-state index contributed by atoms with van der Waals surface area (Å²) in [4.78, 5) is 12.1. The molecule has 1 N–H and O–H groups in total. The molecular weight excluding hydrogens is 212 g/mol. The maximum atomic E-state index is 12.1. The third-order valence-electron chi connectivity index (χ3n) is 4.52. The predicted octanol–water partition coefficient (Wildman–Crippen LogP) is 2.88. The van der Waals surface area contributed by atoms with E-state index < -0.39 is 6.10 Å². The molecule has 2 rings (SSSR count). The molecule has 0 aromatic rings. The molecule has 0 amide bonds. The predicted molar refractivity (Wildman–Crippen MR) is 68.5 cm³/mol. The zero-order valence-corrected chi connectivity index (χ0v) is 11.0. The van der Waals surface area contributed by atoms with Gasteiger partial charge in [0.2, 0.25) is 0 Å². The van der Waals surface area contributed by atoms with Crippen molar-refractivity contribution in [1.29, 1.82) is 0 Å². The number of rotatable bonds is 0. The molecule has 0 aromatic carbocycles. The molecule has 3 unspecified atom stereocenters. The van der Waals surface area contributed by atoms with Crippen molar-refractivity contribution in [3.63, 3.8) is 0 Å². The van der Waals surface area contributed by atoms with Crippen molar-refractivity contribution < 1.29 is 9.90 Å². The minimum absolute atomic E-state index is 0.0453. The molecular formula is C15H22O2. The fraction of sp³-hybridized carbons (Fsp3) is 0.667. The lowest BCUT2D eigenvalue weighted by Gasteiger charge is -2.54. The second-order valence-electron chi connectivity index (χ2n) is 6.22. The Morgan fingerprint density at radius 2 is 2.12 bits per heavy atom. The van der Waals surface area contributed by atoms with E-state index in [1.807, 2.05) is 6.08 Å². The summed E-state index contributed by atoms with van der Waals surface area (Å²) in [5.41, 5.74) is 1.95. The van der Waals surface area contributed by atoms with Crippen LogP contribution >= 0.6 is 0 Å². The Balaban J connectivity index is 2.33. The van der Waals surface area contributed by atoms with Crippen molar-refractivity contribution in [1.82, 2.24) is 0 Å². The largest absolute Gasteiger partial charge is 0.385 e. The first-order chi connectivity index (χ1) is 7.84. The van der Waals surface area contributed by atoms with Gasteiger partial charge in [0, 0.05) is 5.92 Å². The van der Waals surface area contributed by atoms with E-state index in [0.29, 0.717) is 11.5 Å². The lowest BCUT2D eigenvalue weighted by molar-refractivity contribution is -0.139. The number of ketones is 1. The first-order valence-electron chi connectivity index (χ1n) is 6.41. The molecule has 3 atom stereocenters. The second kappa shape index (κ2) is 4.09. The highest BCUT2D eigenvalue weighted by molar-refractivity contribution is 5.98. The van der Waals surface area contributed by atoms with Gasteiger partial charge < -0.3 is 5.11 Å². The summed E-state index contributed by atoms with van der Waals surface area (Å²) in [6.45, 7) is 10.2. The summed E-state index contributed by atoms with van der Waals surface area (Å²) < 4.78 is 0. The smallest absolute Gasteiger partial charge is 0.186 e. The standard InChI is InChI=1S/C15H22O2/c1-9-6-5-7-10(2)13(16)14(17)12-11(9)8-15(12,3)4/h7,11-12,14,17H,1,5-6,8H2,2-4H3. The summed E-state index contributed by atoms with van der Waals surface area (Å²) in [5.74, 6) is 0.273. The van der Waals surface area contributed by atoms with Crippen LogP contribution in [0.25, 0.3) is 0 Å². The van der Waals surface area contributed by atoms with Crippen LogP contribution in [0.5, 0.6) is 0 Å². The Hall–Kier alpha value is -0.890. The molecule has 0 aliphatic heterocycles. The van der Waals surface area contributed by atoms with Gasteiger partial charge in [-0.25, -0.2) is 0 Å². The molecule has 2 nitrogen and oxygen atoms in total. The molecule has 1 saturated carbocycles. The number of aliphatic hydroxyl groups excluding tert-OH is 1. The third-order valence-corrected chi connectivity index (χ3v) is 4.52. The van der Waals surface area contributed by atoms with Crippen molar-refractivity contribution in [3.8, 4) is 0 Å². The molecule has 2 aliphatic carbocycles. The number of carbonyl (C=O) groups excluding carboxylic acids is 1. The topological polar surface area (TPSA) is 37.3 Å². The van der Waals surface area contributed by atoms with E-state index in [1.54, 1.807) is 6.92 Å². The Morgan fingerprint density at radius 3 is 2.71 bits per heavy atom. The Kier molecular flexibility index (Phi) is 3.03. The van der Waals surface area contributed by atoms with Gasteiger partial charge >= 0.3 is 0 Å². The number of hydrogen-bond acceptors (Lipinski definition) is 2. The van der Waals surface area contributed by atoms with Crippen molar-refractivity contribution >= 4 is 5.78 Å². The van der Waals surface area contributed by atoms with Crippen LogP contribution in [0.4, 0.5) is 0 Å². The van der Waals surface area contributed by atoms with Crippen LogP contribution in [-0.4, -0.2) is 17.0 Å². The van der Waals surface area contributed by atoms with Crippen LogP contribution < -0.4 is 0 Å². The summed E-state index contributed by atoms with van der Waals surface area (Å²) >= 11 is 0. The van der Waals surface area contributed by atoms with Crippen molar-refractivity contribution in [2.75, 3.05) is 0 Å². The summed E-state index contributed by atoms with van der Waals surface area (Å²) in [5, 5.41) is 10.3. The van der Waals surface area contributed by atoms with Crippen LogP contribution in [0.1, 0.15) is 40.0 Å². The number of allylic oxidation sites excluding steroid dienone is 2. The molecule has 2 aliphatic rings. The average molecular weight is 234 g/mol. The van der Waals surface area contributed by atoms with Gasteiger partial charge in [-0.2, -0.15) is 0 Å². The van der Waals surface area contributed by atoms with Gasteiger partial charge in [0.15, 0.2) is 5.78 Å². The summed E-state index contributed by atoms with van der Waals surface area (Å²) in [7, 11) is 0. The van der Waals surface area contributed by atoms with E-state index >= 15 is 0 Å². The fourth-order valence-corrected chi connectivity index (χ4v) is 3.42. The summed E-state index contributed by atoms with van der Waals surface area (Å²) in [6, 6.07) is 0. The number of fused-ring (bicyclic) bond motifs is 1. The van der Waals surface area contributed by atoms with Crippen LogP contribution in [0, 0.1) is 17.3 Å². The first kappa shape index (κ1) is 12.6. The van der Waals surface area contributed by atoms with Crippen molar-refractivity contribution in [3.05, 3.63) is 23.8 Å². The van der Waals surface area contributed by atoms with E-state index in [4.69, 9.17) is 0 Å². The minimum atomic E-state index is -0.852. The van der Waals surface area contributed by atoms with E-state index in [9.17, 15) is 9.90 Å². The highest BCUT2D eigenvalue weighted by atomic mass is 16.3. The lowest BCUT2D eigenvalue weighted by Crippen LogP contribution is -2.53. The molecule has 94 valence electrons. The van der Waals surface area contributed by atoms with Gasteiger partial charge in [0.25, 0.3) is 0 Å². The fourth-order valence-electron chi connectivity index (χ4n) is 3.42. The molecule has 0 aromatic heterocycles. The van der Waals surface area contributed by atoms with Gasteiger partial charge in [0.05, 0.1) is 0 Å². The molecule has 0 spiro atoms. The van der Waals surface area contributed by atoms with E-state index in [1.165, 1.54) is 5.57 Å². The van der Waals surface area contributed by atoms with Crippen molar-refractivity contribution in [2.45, 2.75) is 46.1 Å². The van der Waals surface area contributed by atoms with Crippen LogP contribution in [0.15, 0.2) is 23.8 Å². The van der Waals surface area contributed by atoms with Gasteiger partial charge in [-0.05, 0) is 43.1 Å². The zero-order chi connectivity index (χ0) is 12.8. The maximum Gasteiger partial charge on any atom is 0.186 e. The van der Waals surface area contributed by atoms with E-state index in [-0.39, 0.29) is 17.1 Å². The number of Topliss-reactive ketones (excluding diaryl/α,β-unsaturated/α-hetero) is 1. The Morgan fingerprint density at radius 1 is 1.47 bits per heavy atom. The Bertz CT molecular complexity index is 390. The van der Waals surface area contributed by atoms with Gasteiger partial charge in [-0.3, -0.25) is 4.79 Å². The third kappa shape index (κ3) is 1.99. The van der Waals surface area contributed by atoms with Crippen LogP contribution in [0.2, 0.25) is 0 Å². The molecule has 0 bridgehead atoms. The summed E-state index contributed by atoms with van der Waals surface area (Å²) in [6.07, 6.45) is 3.94. The maximum absolute atomic E-state index is 12.1. The molecule has 17 heavy (non-hydrogen) atoms.